The smallest absolute Gasteiger partial charge is 0.235 e. The Morgan fingerprint density at radius 3 is 2.46 bits per heavy atom. The average Bonchev–Trinajstić information content (AvgIpc) is 2.68. The molecule has 26 heavy (non-hydrogen) atoms. The Bertz CT molecular complexity index is 651. The van der Waals surface area contributed by atoms with Gasteiger partial charge in [-0.15, -0.1) is 0 Å². The summed E-state index contributed by atoms with van der Waals surface area (Å²) < 4.78 is 12.7. The maximum absolute atomic E-state index is 12.7. The lowest BCUT2D eigenvalue weighted by molar-refractivity contribution is -0.129. The molecule has 144 valence electrons. The van der Waals surface area contributed by atoms with E-state index < -0.39 is 10.8 Å². The van der Waals surface area contributed by atoms with E-state index in [1.165, 1.54) is 44.1 Å². The molecule has 0 bridgehead atoms. The Morgan fingerprint density at radius 1 is 1.15 bits per heavy atom. The zero-order valence-electron chi connectivity index (χ0n) is 15.7. The van der Waals surface area contributed by atoms with E-state index in [4.69, 9.17) is 11.6 Å². The van der Waals surface area contributed by atoms with Crippen LogP contribution in [-0.2, 0) is 15.6 Å². The molecule has 1 aliphatic heterocycles. The van der Waals surface area contributed by atoms with Crippen LogP contribution in [0.1, 0.15) is 80.6 Å². The highest BCUT2D eigenvalue weighted by Crippen LogP contribution is 2.37. The highest BCUT2D eigenvalue weighted by atomic mass is 35.5. The number of carbonyl (C=O) groups is 1. The van der Waals surface area contributed by atoms with Crippen molar-refractivity contribution in [2.45, 2.75) is 69.5 Å². The number of benzene rings is 1. The Balaban J connectivity index is 1.63. The Morgan fingerprint density at radius 2 is 1.81 bits per heavy atom. The second kappa shape index (κ2) is 9.36. The number of halogens is 1. The minimum Gasteiger partial charge on any atom is -0.342 e. The standard InChI is InChI=1S/C21H30ClNO2S/c1-16(26(25)15-21(24)23-12-6-3-7-13-23)18-10-11-19(20(22)14-18)17-8-4-2-5-9-17/h10-11,14,16-17H,2-9,12-13,15H2,1H3. The van der Waals surface area contributed by atoms with Crippen LogP contribution < -0.4 is 0 Å². The molecule has 0 N–H and O–H groups in total. The third-order valence-electron chi connectivity index (χ3n) is 5.91. The second-order valence-electron chi connectivity index (χ2n) is 7.72. The molecule has 0 radical (unpaired) electrons. The summed E-state index contributed by atoms with van der Waals surface area (Å²) in [5.41, 5.74) is 2.21. The maximum atomic E-state index is 12.7. The Labute approximate surface area is 164 Å². The third-order valence-corrected chi connectivity index (χ3v) is 7.83. The van der Waals surface area contributed by atoms with Crippen molar-refractivity contribution in [2.75, 3.05) is 18.8 Å². The van der Waals surface area contributed by atoms with Gasteiger partial charge in [-0.05, 0) is 62.1 Å². The van der Waals surface area contributed by atoms with E-state index in [1.807, 2.05) is 17.9 Å². The van der Waals surface area contributed by atoms with Crippen LogP contribution in [0.3, 0.4) is 0 Å². The molecule has 1 aromatic carbocycles. The van der Waals surface area contributed by atoms with Crippen molar-refractivity contribution in [2.24, 2.45) is 0 Å². The number of rotatable bonds is 5. The molecular formula is C21H30ClNO2S. The van der Waals surface area contributed by atoms with Crippen LogP contribution in [0.25, 0.3) is 0 Å². The van der Waals surface area contributed by atoms with Crippen LogP contribution in [0.2, 0.25) is 5.02 Å². The summed E-state index contributed by atoms with van der Waals surface area (Å²) in [5.74, 6) is 0.704. The molecule has 1 aliphatic carbocycles. The van der Waals surface area contributed by atoms with Gasteiger partial charge in [-0.25, -0.2) is 0 Å². The first kappa shape index (κ1) is 19.9. The third kappa shape index (κ3) is 4.89. The van der Waals surface area contributed by atoms with E-state index in [0.29, 0.717) is 5.92 Å². The zero-order chi connectivity index (χ0) is 18.5. The normalized spacial score (nSPS) is 21.4. The maximum Gasteiger partial charge on any atom is 0.235 e. The van der Waals surface area contributed by atoms with Gasteiger partial charge in [0.1, 0.15) is 5.75 Å². The van der Waals surface area contributed by atoms with E-state index >= 15 is 0 Å². The SMILES string of the molecule is CC(c1ccc(C2CCCCC2)c(Cl)c1)S(=O)CC(=O)N1CCCCC1. The number of likely N-dealkylation sites (tertiary alicyclic amines) is 1. The second-order valence-corrected chi connectivity index (χ2v) is 9.89. The zero-order valence-corrected chi connectivity index (χ0v) is 17.3. The molecule has 3 rings (SSSR count). The summed E-state index contributed by atoms with van der Waals surface area (Å²) in [7, 11) is -1.22. The van der Waals surface area contributed by atoms with Gasteiger partial charge >= 0.3 is 0 Å². The minimum absolute atomic E-state index is 0.0276. The van der Waals surface area contributed by atoms with E-state index in [0.717, 1.165) is 36.5 Å². The van der Waals surface area contributed by atoms with E-state index in [-0.39, 0.29) is 16.9 Å². The molecule has 2 aliphatic rings. The lowest BCUT2D eigenvalue weighted by Gasteiger charge is -2.27. The molecule has 5 heteroatoms. The van der Waals surface area contributed by atoms with Crippen LogP contribution in [0.5, 0.6) is 0 Å². The van der Waals surface area contributed by atoms with Gasteiger partial charge in [0.25, 0.3) is 0 Å². The van der Waals surface area contributed by atoms with Gasteiger partial charge in [0.05, 0.1) is 5.25 Å². The fraction of sp³-hybridized carbons (Fsp3) is 0.667. The first-order valence-electron chi connectivity index (χ1n) is 10.0. The summed E-state index contributed by atoms with van der Waals surface area (Å²) in [6.07, 6.45) is 9.63. The molecule has 1 amide bonds. The monoisotopic (exact) mass is 395 g/mol. The molecule has 2 fully saturated rings. The topological polar surface area (TPSA) is 37.4 Å². The largest absolute Gasteiger partial charge is 0.342 e. The molecule has 2 atom stereocenters. The number of hydrogen-bond acceptors (Lipinski definition) is 2. The number of amides is 1. The molecule has 1 saturated heterocycles. The van der Waals surface area contributed by atoms with Crippen LogP contribution in [-0.4, -0.2) is 33.9 Å². The van der Waals surface area contributed by atoms with Gasteiger partial charge in [-0.2, -0.15) is 0 Å². The number of carbonyl (C=O) groups excluding carboxylic acids is 1. The highest BCUT2D eigenvalue weighted by molar-refractivity contribution is 7.86. The lowest BCUT2D eigenvalue weighted by Crippen LogP contribution is -2.38. The molecule has 1 heterocycles. The number of nitrogens with zero attached hydrogens (tertiary/aromatic N) is 1. The van der Waals surface area contributed by atoms with Crippen LogP contribution in [0, 0.1) is 0 Å². The first-order chi connectivity index (χ1) is 12.6. The Kier molecular flexibility index (Phi) is 7.16. The fourth-order valence-corrected chi connectivity index (χ4v) is 5.64. The van der Waals surface area contributed by atoms with Crippen LogP contribution >= 0.6 is 11.6 Å². The molecule has 0 aromatic heterocycles. The van der Waals surface area contributed by atoms with Crippen molar-refractivity contribution in [1.29, 1.82) is 0 Å². The van der Waals surface area contributed by atoms with E-state index in [9.17, 15) is 9.00 Å². The molecular weight excluding hydrogens is 366 g/mol. The van der Waals surface area contributed by atoms with Crippen molar-refractivity contribution >= 4 is 28.3 Å². The van der Waals surface area contributed by atoms with E-state index in [2.05, 4.69) is 12.1 Å². The van der Waals surface area contributed by atoms with Crippen molar-refractivity contribution in [1.82, 2.24) is 4.90 Å². The van der Waals surface area contributed by atoms with Crippen molar-refractivity contribution in [3.8, 4) is 0 Å². The Hall–Kier alpha value is -0.870. The molecule has 3 nitrogen and oxygen atoms in total. The number of piperidine rings is 1. The fourth-order valence-electron chi connectivity index (χ4n) is 4.17. The molecule has 0 spiro atoms. The predicted molar refractivity (Wildman–Crippen MR) is 109 cm³/mol. The van der Waals surface area contributed by atoms with Crippen LogP contribution in [0.4, 0.5) is 0 Å². The predicted octanol–water partition coefficient (Wildman–Crippen LogP) is 5.21. The first-order valence-corrected chi connectivity index (χ1v) is 11.8. The average molecular weight is 396 g/mol. The van der Waals surface area contributed by atoms with Gasteiger partial charge in [0.2, 0.25) is 5.91 Å². The van der Waals surface area contributed by atoms with E-state index in [1.54, 1.807) is 0 Å². The minimum atomic E-state index is -1.22. The van der Waals surface area contributed by atoms with Gasteiger partial charge in [-0.3, -0.25) is 9.00 Å². The highest BCUT2D eigenvalue weighted by Gasteiger charge is 2.24. The summed E-state index contributed by atoms with van der Waals surface area (Å²) in [4.78, 5) is 14.2. The summed E-state index contributed by atoms with van der Waals surface area (Å²) in [5, 5.41) is 0.613. The molecule has 2 unspecified atom stereocenters. The summed E-state index contributed by atoms with van der Waals surface area (Å²) >= 11 is 6.56. The van der Waals surface area contributed by atoms with Gasteiger partial charge in [0.15, 0.2) is 0 Å². The number of hydrogen-bond donors (Lipinski definition) is 0. The quantitative estimate of drug-likeness (QED) is 0.686. The van der Waals surface area contributed by atoms with Crippen molar-refractivity contribution < 1.29 is 9.00 Å². The lowest BCUT2D eigenvalue weighted by atomic mass is 9.84. The molecule has 1 aromatic rings. The van der Waals surface area contributed by atoms with Gasteiger partial charge in [-0.1, -0.05) is 43.0 Å². The van der Waals surface area contributed by atoms with Crippen molar-refractivity contribution in [3.63, 3.8) is 0 Å². The van der Waals surface area contributed by atoms with Crippen LogP contribution in [0.15, 0.2) is 18.2 Å². The van der Waals surface area contributed by atoms with Gasteiger partial charge < -0.3 is 4.90 Å². The van der Waals surface area contributed by atoms with Crippen molar-refractivity contribution in [3.05, 3.63) is 34.3 Å². The molecule has 1 saturated carbocycles. The summed E-state index contributed by atoms with van der Waals surface area (Å²) in [6.45, 7) is 3.56. The summed E-state index contributed by atoms with van der Waals surface area (Å²) in [6, 6.07) is 6.15. The van der Waals surface area contributed by atoms with Gasteiger partial charge in [0, 0.05) is 28.9 Å².